The standard InChI is InChI=1S/C24H34O4/c1-3-20(25)27-19-13-15-12-18(19)22-16-10-14(21(15)22)11-17(16)23(26)28-24(4-2)8-6-5-7-9-24/h3,14-19,21-22H,1,4-13H2,2H3/t14-,15+,16+,17?,18-,19?,21?,22?/m1/s1. The Hall–Kier alpha value is -1.32. The summed E-state index contributed by atoms with van der Waals surface area (Å²) in [5.41, 5.74) is -0.201. The molecule has 0 radical (unpaired) electrons. The first-order valence-electron chi connectivity index (χ1n) is 11.6. The van der Waals surface area contributed by atoms with Crippen molar-refractivity contribution in [3.05, 3.63) is 12.7 Å². The summed E-state index contributed by atoms with van der Waals surface area (Å²) in [6.45, 7) is 5.71. The zero-order valence-electron chi connectivity index (χ0n) is 17.1. The van der Waals surface area contributed by atoms with Crippen LogP contribution < -0.4 is 0 Å². The third kappa shape index (κ3) is 2.77. The van der Waals surface area contributed by atoms with E-state index in [1.54, 1.807) is 0 Å². The van der Waals surface area contributed by atoms with Crippen molar-refractivity contribution in [3.63, 3.8) is 0 Å². The molecule has 0 spiro atoms. The lowest BCUT2D eigenvalue weighted by Crippen LogP contribution is -2.44. The predicted octanol–water partition coefficient (Wildman–Crippen LogP) is 4.67. The summed E-state index contributed by atoms with van der Waals surface area (Å²) in [4.78, 5) is 25.0. The van der Waals surface area contributed by atoms with Crippen molar-refractivity contribution in [2.45, 2.75) is 82.8 Å². The average molecular weight is 387 g/mol. The van der Waals surface area contributed by atoms with Crippen LogP contribution in [0.1, 0.15) is 71.1 Å². The van der Waals surface area contributed by atoms with Crippen LogP contribution in [0, 0.1) is 41.4 Å². The van der Waals surface area contributed by atoms with Gasteiger partial charge in [-0.05, 0) is 93.3 Å². The molecule has 0 aromatic rings. The Labute approximate surface area is 168 Å². The van der Waals surface area contributed by atoms with Gasteiger partial charge in [0.1, 0.15) is 11.7 Å². The third-order valence-corrected chi connectivity index (χ3v) is 9.22. The summed E-state index contributed by atoms with van der Waals surface area (Å²) in [7, 11) is 0. The highest BCUT2D eigenvalue weighted by Gasteiger charge is 2.66. The summed E-state index contributed by atoms with van der Waals surface area (Å²) in [6.07, 6.45) is 12.4. The Bertz CT molecular complexity index is 664. The summed E-state index contributed by atoms with van der Waals surface area (Å²) in [5, 5.41) is 0. The molecule has 8 atom stereocenters. The lowest BCUT2D eigenvalue weighted by Gasteiger charge is -2.42. The van der Waals surface area contributed by atoms with Crippen LogP contribution in [0.15, 0.2) is 12.7 Å². The number of hydrogen-bond donors (Lipinski definition) is 0. The van der Waals surface area contributed by atoms with Crippen molar-refractivity contribution < 1.29 is 19.1 Å². The lowest BCUT2D eigenvalue weighted by atomic mass is 9.66. The van der Waals surface area contributed by atoms with E-state index in [0.29, 0.717) is 29.6 Å². The van der Waals surface area contributed by atoms with E-state index in [4.69, 9.17) is 9.47 Å². The molecule has 0 aromatic heterocycles. The van der Waals surface area contributed by atoms with Gasteiger partial charge >= 0.3 is 11.9 Å². The van der Waals surface area contributed by atoms with Crippen molar-refractivity contribution in [3.8, 4) is 0 Å². The van der Waals surface area contributed by atoms with Gasteiger partial charge in [0.05, 0.1) is 5.92 Å². The fraction of sp³-hybridized carbons (Fsp3) is 0.833. The third-order valence-electron chi connectivity index (χ3n) is 9.22. The average Bonchev–Trinajstić information content (AvgIpc) is 3.47. The fourth-order valence-corrected chi connectivity index (χ4v) is 8.16. The number of fused-ring (bicyclic) bond motifs is 9. The Morgan fingerprint density at radius 3 is 2.43 bits per heavy atom. The van der Waals surface area contributed by atoms with Crippen molar-refractivity contribution >= 4 is 11.9 Å². The van der Waals surface area contributed by atoms with Crippen LogP contribution in [0.4, 0.5) is 0 Å². The van der Waals surface area contributed by atoms with Gasteiger partial charge in [0.25, 0.3) is 0 Å². The van der Waals surface area contributed by atoms with Crippen molar-refractivity contribution in [2.24, 2.45) is 41.4 Å². The minimum atomic E-state index is -0.296. The molecule has 5 fully saturated rings. The molecule has 0 saturated heterocycles. The molecule has 0 amide bonds. The molecule has 5 aliphatic carbocycles. The van der Waals surface area contributed by atoms with E-state index in [9.17, 15) is 9.59 Å². The van der Waals surface area contributed by atoms with E-state index in [-0.39, 0.29) is 29.6 Å². The van der Waals surface area contributed by atoms with Crippen LogP contribution in [-0.4, -0.2) is 23.6 Å². The summed E-state index contributed by atoms with van der Waals surface area (Å²) < 4.78 is 12.0. The van der Waals surface area contributed by atoms with Gasteiger partial charge in [0, 0.05) is 6.08 Å². The SMILES string of the molecule is C=CC(=O)OC1C[C@@H]2C[C@H]1C1C2[C@H]2CC(C(=O)OC3(CC)CCCCC3)[C@@H]1C2. The zero-order chi connectivity index (χ0) is 19.5. The Morgan fingerprint density at radius 1 is 1.00 bits per heavy atom. The number of carbonyl (C=O) groups is 2. The summed E-state index contributed by atoms with van der Waals surface area (Å²) in [5.74, 6) is 3.43. The van der Waals surface area contributed by atoms with Crippen LogP contribution in [0.25, 0.3) is 0 Å². The second-order valence-electron chi connectivity index (χ2n) is 10.2. The number of carbonyl (C=O) groups excluding carboxylic acids is 2. The monoisotopic (exact) mass is 386 g/mol. The van der Waals surface area contributed by atoms with Crippen LogP contribution in [0.3, 0.4) is 0 Å². The highest BCUT2D eigenvalue weighted by Crippen LogP contribution is 2.69. The van der Waals surface area contributed by atoms with Gasteiger partial charge in [-0.25, -0.2) is 4.79 Å². The Kier molecular flexibility index (Phi) is 4.59. The smallest absolute Gasteiger partial charge is 0.330 e. The molecule has 0 heterocycles. The van der Waals surface area contributed by atoms with E-state index in [2.05, 4.69) is 13.5 Å². The van der Waals surface area contributed by atoms with E-state index >= 15 is 0 Å². The quantitative estimate of drug-likeness (QED) is 0.391. The van der Waals surface area contributed by atoms with E-state index < -0.39 is 0 Å². The Balaban J connectivity index is 1.29. The maximum Gasteiger partial charge on any atom is 0.330 e. The van der Waals surface area contributed by atoms with Crippen LogP contribution in [-0.2, 0) is 19.1 Å². The molecule has 28 heavy (non-hydrogen) atoms. The van der Waals surface area contributed by atoms with Gasteiger partial charge in [0.15, 0.2) is 0 Å². The molecule has 154 valence electrons. The number of ether oxygens (including phenoxy) is 2. The molecule has 0 aromatic carbocycles. The van der Waals surface area contributed by atoms with Crippen molar-refractivity contribution in [2.75, 3.05) is 0 Å². The van der Waals surface area contributed by atoms with Crippen LogP contribution in [0.5, 0.6) is 0 Å². The van der Waals surface area contributed by atoms with Crippen LogP contribution in [0.2, 0.25) is 0 Å². The van der Waals surface area contributed by atoms with Gasteiger partial charge in [-0.3, -0.25) is 4.79 Å². The molecule has 5 rings (SSSR count). The maximum absolute atomic E-state index is 13.2. The van der Waals surface area contributed by atoms with Gasteiger partial charge in [-0.15, -0.1) is 0 Å². The largest absolute Gasteiger partial charge is 0.459 e. The molecule has 5 saturated carbocycles. The summed E-state index contributed by atoms with van der Waals surface area (Å²) >= 11 is 0. The molecule has 5 aliphatic rings. The van der Waals surface area contributed by atoms with Gasteiger partial charge in [0.2, 0.25) is 0 Å². The van der Waals surface area contributed by atoms with Crippen molar-refractivity contribution in [1.29, 1.82) is 0 Å². The number of rotatable bonds is 5. The Morgan fingerprint density at radius 2 is 1.71 bits per heavy atom. The van der Waals surface area contributed by atoms with Crippen molar-refractivity contribution in [1.82, 2.24) is 0 Å². The van der Waals surface area contributed by atoms with E-state index in [1.807, 2.05) is 0 Å². The number of esters is 2. The predicted molar refractivity (Wildman–Crippen MR) is 105 cm³/mol. The molecule has 4 nitrogen and oxygen atoms in total. The first-order chi connectivity index (χ1) is 13.5. The molecular weight excluding hydrogens is 352 g/mol. The van der Waals surface area contributed by atoms with Gasteiger partial charge in [-0.1, -0.05) is 19.9 Å². The summed E-state index contributed by atoms with van der Waals surface area (Å²) in [6, 6.07) is 0. The van der Waals surface area contributed by atoms with Gasteiger partial charge in [-0.2, -0.15) is 0 Å². The zero-order valence-corrected chi connectivity index (χ0v) is 17.1. The van der Waals surface area contributed by atoms with Gasteiger partial charge < -0.3 is 9.47 Å². The molecule has 4 unspecified atom stereocenters. The molecule has 4 bridgehead atoms. The second kappa shape index (κ2) is 6.88. The minimum Gasteiger partial charge on any atom is -0.459 e. The normalized spacial score (nSPS) is 44.9. The number of hydrogen-bond acceptors (Lipinski definition) is 4. The van der Waals surface area contributed by atoms with E-state index in [0.717, 1.165) is 38.0 Å². The topological polar surface area (TPSA) is 52.6 Å². The highest BCUT2D eigenvalue weighted by atomic mass is 16.6. The maximum atomic E-state index is 13.2. The molecule has 0 N–H and O–H groups in total. The van der Waals surface area contributed by atoms with E-state index in [1.165, 1.54) is 38.2 Å². The minimum absolute atomic E-state index is 0.0353. The highest BCUT2D eigenvalue weighted by molar-refractivity contribution is 5.81. The fourth-order valence-electron chi connectivity index (χ4n) is 8.16. The van der Waals surface area contributed by atoms with Crippen LogP contribution >= 0.6 is 0 Å². The molecular formula is C24H34O4. The molecule has 0 aliphatic heterocycles. The lowest BCUT2D eigenvalue weighted by molar-refractivity contribution is -0.173. The second-order valence-corrected chi connectivity index (χ2v) is 10.2. The molecule has 4 heteroatoms. The first kappa shape index (κ1) is 18.7. The first-order valence-corrected chi connectivity index (χ1v) is 11.6.